The van der Waals surface area contributed by atoms with Crippen molar-refractivity contribution in [1.82, 2.24) is 0 Å². The molecule has 0 bridgehead atoms. The van der Waals surface area contributed by atoms with E-state index in [1.807, 2.05) is 18.2 Å². The third-order valence-corrected chi connectivity index (χ3v) is 2.83. The first-order valence-corrected chi connectivity index (χ1v) is 5.52. The Kier molecular flexibility index (Phi) is 3.10. The summed E-state index contributed by atoms with van der Waals surface area (Å²) in [6.45, 7) is 0.854. The Balaban J connectivity index is 2.13. The number of nitrogen functional groups attached to an aromatic ring is 1. The summed E-state index contributed by atoms with van der Waals surface area (Å²) in [5, 5.41) is 8.72. The average Bonchev–Trinajstić information content (AvgIpc) is 2.55. The summed E-state index contributed by atoms with van der Waals surface area (Å²) in [6.07, 6.45) is 2.00. The SMILES string of the molecule is Nc1ccc2c(c1)CC(=O)N2CCCCO. The van der Waals surface area contributed by atoms with Crippen LogP contribution in [0.5, 0.6) is 0 Å². The van der Waals surface area contributed by atoms with Crippen LogP contribution < -0.4 is 10.6 Å². The van der Waals surface area contributed by atoms with E-state index in [1.54, 1.807) is 4.90 Å². The zero-order valence-electron chi connectivity index (χ0n) is 9.15. The lowest BCUT2D eigenvalue weighted by atomic mass is 10.1. The lowest BCUT2D eigenvalue weighted by Crippen LogP contribution is -2.27. The molecule has 16 heavy (non-hydrogen) atoms. The second kappa shape index (κ2) is 4.53. The number of anilines is 2. The zero-order valence-corrected chi connectivity index (χ0v) is 9.15. The molecule has 2 rings (SSSR count). The van der Waals surface area contributed by atoms with E-state index in [4.69, 9.17) is 10.8 Å². The Morgan fingerprint density at radius 3 is 2.94 bits per heavy atom. The molecule has 0 atom stereocenters. The van der Waals surface area contributed by atoms with Crippen LogP contribution >= 0.6 is 0 Å². The van der Waals surface area contributed by atoms with Crippen molar-refractivity contribution < 1.29 is 9.90 Å². The van der Waals surface area contributed by atoms with Crippen molar-refractivity contribution in [3.63, 3.8) is 0 Å². The summed E-state index contributed by atoms with van der Waals surface area (Å²) >= 11 is 0. The lowest BCUT2D eigenvalue weighted by Gasteiger charge is -2.17. The van der Waals surface area contributed by atoms with Gasteiger partial charge in [0.1, 0.15) is 0 Å². The Labute approximate surface area is 94.7 Å². The van der Waals surface area contributed by atoms with Crippen LogP contribution in [-0.2, 0) is 11.2 Å². The fraction of sp³-hybridized carbons (Fsp3) is 0.417. The number of nitrogens with zero attached hydrogens (tertiary/aromatic N) is 1. The number of aliphatic hydroxyl groups excluding tert-OH is 1. The molecule has 1 heterocycles. The van der Waals surface area contributed by atoms with E-state index in [9.17, 15) is 4.79 Å². The Hall–Kier alpha value is -1.55. The first-order valence-electron chi connectivity index (χ1n) is 5.52. The summed E-state index contributed by atoms with van der Waals surface area (Å²) in [7, 11) is 0. The molecule has 1 aromatic rings. The summed E-state index contributed by atoms with van der Waals surface area (Å²) < 4.78 is 0. The van der Waals surface area contributed by atoms with Crippen molar-refractivity contribution in [1.29, 1.82) is 0 Å². The number of benzene rings is 1. The van der Waals surface area contributed by atoms with Crippen LogP contribution in [0.2, 0.25) is 0 Å². The number of rotatable bonds is 4. The quantitative estimate of drug-likeness (QED) is 0.586. The van der Waals surface area contributed by atoms with Crippen molar-refractivity contribution in [2.75, 3.05) is 23.8 Å². The number of hydrogen-bond donors (Lipinski definition) is 2. The fourth-order valence-electron chi connectivity index (χ4n) is 2.03. The van der Waals surface area contributed by atoms with Crippen LogP contribution in [0.3, 0.4) is 0 Å². The first kappa shape index (κ1) is 11.0. The van der Waals surface area contributed by atoms with Crippen molar-refractivity contribution in [3.05, 3.63) is 23.8 Å². The van der Waals surface area contributed by atoms with Crippen LogP contribution in [0.15, 0.2) is 18.2 Å². The summed E-state index contributed by atoms with van der Waals surface area (Å²) in [5.41, 5.74) is 8.36. The molecular formula is C12H16N2O2. The van der Waals surface area contributed by atoms with Gasteiger partial charge in [0, 0.05) is 24.5 Å². The highest BCUT2D eigenvalue weighted by atomic mass is 16.3. The summed E-state index contributed by atoms with van der Waals surface area (Å²) in [4.78, 5) is 13.5. The van der Waals surface area contributed by atoms with Gasteiger partial charge in [-0.15, -0.1) is 0 Å². The standard InChI is InChI=1S/C12H16N2O2/c13-10-3-4-11-9(7-10)8-12(16)14(11)5-1-2-6-15/h3-4,7,15H,1-2,5-6,8,13H2. The molecule has 0 saturated carbocycles. The number of unbranched alkanes of at least 4 members (excludes halogenated alkanes) is 1. The lowest BCUT2D eigenvalue weighted by molar-refractivity contribution is -0.117. The highest BCUT2D eigenvalue weighted by Crippen LogP contribution is 2.30. The molecule has 1 aromatic carbocycles. The predicted molar refractivity (Wildman–Crippen MR) is 63.2 cm³/mol. The minimum Gasteiger partial charge on any atom is -0.399 e. The Bertz CT molecular complexity index is 404. The topological polar surface area (TPSA) is 66.6 Å². The molecule has 0 unspecified atom stereocenters. The molecule has 1 aliphatic rings. The van der Waals surface area contributed by atoms with Crippen molar-refractivity contribution >= 4 is 17.3 Å². The summed E-state index contributed by atoms with van der Waals surface area (Å²) in [6, 6.07) is 5.57. The van der Waals surface area contributed by atoms with Crippen molar-refractivity contribution in [3.8, 4) is 0 Å². The van der Waals surface area contributed by atoms with E-state index < -0.39 is 0 Å². The number of nitrogens with two attached hydrogens (primary N) is 1. The molecule has 3 N–H and O–H groups in total. The van der Waals surface area contributed by atoms with Gasteiger partial charge in [0.15, 0.2) is 0 Å². The van der Waals surface area contributed by atoms with Gasteiger partial charge >= 0.3 is 0 Å². The smallest absolute Gasteiger partial charge is 0.231 e. The largest absolute Gasteiger partial charge is 0.399 e. The Morgan fingerprint density at radius 1 is 1.38 bits per heavy atom. The first-order chi connectivity index (χ1) is 7.72. The predicted octanol–water partition coefficient (Wildman–Crippen LogP) is 0.930. The van der Waals surface area contributed by atoms with Gasteiger partial charge in [-0.2, -0.15) is 0 Å². The molecule has 0 aromatic heterocycles. The molecule has 0 spiro atoms. The molecule has 1 aliphatic heterocycles. The number of carbonyl (C=O) groups excluding carboxylic acids is 1. The van der Waals surface area contributed by atoms with Gasteiger partial charge in [0.2, 0.25) is 5.91 Å². The highest BCUT2D eigenvalue weighted by molar-refractivity contribution is 6.01. The molecule has 4 nitrogen and oxygen atoms in total. The van der Waals surface area contributed by atoms with E-state index in [0.717, 1.165) is 24.1 Å². The van der Waals surface area contributed by atoms with Gasteiger partial charge in [-0.3, -0.25) is 4.79 Å². The second-order valence-electron chi connectivity index (χ2n) is 4.04. The average molecular weight is 220 g/mol. The molecule has 4 heteroatoms. The Morgan fingerprint density at radius 2 is 2.19 bits per heavy atom. The number of aliphatic hydroxyl groups is 1. The fourth-order valence-corrected chi connectivity index (χ4v) is 2.03. The van der Waals surface area contributed by atoms with Crippen molar-refractivity contribution in [2.24, 2.45) is 0 Å². The van der Waals surface area contributed by atoms with Gasteiger partial charge < -0.3 is 15.7 Å². The number of fused-ring (bicyclic) bond motifs is 1. The van der Waals surface area contributed by atoms with E-state index in [0.29, 0.717) is 18.7 Å². The summed E-state index contributed by atoms with van der Waals surface area (Å²) in [5.74, 6) is 0.124. The van der Waals surface area contributed by atoms with E-state index in [1.165, 1.54) is 0 Å². The molecule has 86 valence electrons. The van der Waals surface area contributed by atoms with Gasteiger partial charge in [-0.1, -0.05) is 0 Å². The number of hydrogen-bond acceptors (Lipinski definition) is 3. The molecule has 0 aliphatic carbocycles. The maximum absolute atomic E-state index is 11.8. The zero-order chi connectivity index (χ0) is 11.5. The minimum atomic E-state index is 0.124. The van der Waals surface area contributed by atoms with Crippen LogP contribution in [-0.4, -0.2) is 24.2 Å². The maximum Gasteiger partial charge on any atom is 0.231 e. The third kappa shape index (κ3) is 2.02. The molecular weight excluding hydrogens is 204 g/mol. The van der Waals surface area contributed by atoms with E-state index in [-0.39, 0.29) is 12.5 Å². The van der Waals surface area contributed by atoms with Crippen LogP contribution in [0.4, 0.5) is 11.4 Å². The van der Waals surface area contributed by atoms with Crippen LogP contribution in [0, 0.1) is 0 Å². The van der Waals surface area contributed by atoms with E-state index >= 15 is 0 Å². The van der Waals surface area contributed by atoms with E-state index in [2.05, 4.69) is 0 Å². The number of carbonyl (C=O) groups is 1. The molecule has 1 amide bonds. The van der Waals surface area contributed by atoms with Gasteiger partial charge in [-0.25, -0.2) is 0 Å². The van der Waals surface area contributed by atoms with Crippen molar-refractivity contribution in [2.45, 2.75) is 19.3 Å². The van der Waals surface area contributed by atoms with Crippen LogP contribution in [0.25, 0.3) is 0 Å². The molecule has 0 fully saturated rings. The monoisotopic (exact) mass is 220 g/mol. The van der Waals surface area contributed by atoms with Gasteiger partial charge in [0.05, 0.1) is 6.42 Å². The third-order valence-electron chi connectivity index (χ3n) is 2.83. The molecule has 0 radical (unpaired) electrons. The maximum atomic E-state index is 11.8. The second-order valence-corrected chi connectivity index (χ2v) is 4.04. The van der Waals surface area contributed by atoms with Gasteiger partial charge in [0.25, 0.3) is 0 Å². The minimum absolute atomic E-state index is 0.124. The normalized spacial score (nSPS) is 14.3. The van der Waals surface area contributed by atoms with Crippen LogP contribution in [0.1, 0.15) is 18.4 Å². The number of amides is 1. The van der Waals surface area contributed by atoms with Gasteiger partial charge in [-0.05, 0) is 36.6 Å². The highest BCUT2D eigenvalue weighted by Gasteiger charge is 2.26. The molecule has 0 saturated heterocycles.